The Morgan fingerprint density at radius 2 is 2.17 bits per heavy atom. The first kappa shape index (κ1) is 9.32. The number of carbonyl (C=O) groups excluding carboxylic acids is 1. The normalized spacial score (nSPS) is 18.1. The van der Waals surface area contributed by atoms with Gasteiger partial charge in [-0.15, -0.1) is 0 Å². The van der Waals surface area contributed by atoms with E-state index in [1.165, 1.54) is 0 Å². The van der Waals surface area contributed by atoms with E-state index >= 15 is 0 Å². The van der Waals surface area contributed by atoms with Crippen molar-refractivity contribution in [3.8, 4) is 0 Å². The molecule has 1 heterocycles. The topological polar surface area (TPSA) is 41.6 Å². The molecule has 0 saturated carbocycles. The highest BCUT2D eigenvalue weighted by molar-refractivity contribution is 5.74. The largest absolute Gasteiger partial charge is 0.359 e. The standard InChI is InChI=1S/C8H16N2O2/c1-8(2,3)9-7(11)10-4-5-12-6-10/h4-6H2,1-3H3,(H,9,11). The van der Waals surface area contributed by atoms with E-state index in [0.29, 0.717) is 19.9 Å². The molecule has 12 heavy (non-hydrogen) atoms. The van der Waals surface area contributed by atoms with Crippen molar-refractivity contribution in [2.75, 3.05) is 19.9 Å². The molecule has 0 aliphatic carbocycles. The van der Waals surface area contributed by atoms with Crippen LogP contribution in [0.2, 0.25) is 0 Å². The molecule has 0 radical (unpaired) electrons. The summed E-state index contributed by atoms with van der Waals surface area (Å²) in [6.07, 6.45) is 0. The third-order valence-electron chi connectivity index (χ3n) is 1.52. The molecule has 1 aliphatic rings. The number of amides is 2. The average Bonchev–Trinajstić information content (AvgIpc) is 2.32. The van der Waals surface area contributed by atoms with Crippen molar-refractivity contribution in [3.63, 3.8) is 0 Å². The lowest BCUT2D eigenvalue weighted by molar-refractivity contribution is 0.140. The lowest BCUT2D eigenvalue weighted by Gasteiger charge is -2.24. The van der Waals surface area contributed by atoms with Crippen LogP contribution in [0.4, 0.5) is 4.79 Å². The second-order valence-electron chi connectivity index (χ2n) is 3.98. The molecule has 2 amide bonds. The second kappa shape index (κ2) is 3.31. The average molecular weight is 172 g/mol. The molecule has 1 N–H and O–H groups in total. The molecule has 0 unspecified atom stereocenters. The Morgan fingerprint density at radius 1 is 1.50 bits per heavy atom. The zero-order valence-electron chi connectivity index (χ0n) is 7.89. The van der Waals surface area contributed by atoms with Crippen molar-refractivity contribution in [2.24, 2.45) is 0 Å². The molecule has 4 nitrogen and oxygen atoms in total. The van der Waals surface area contributed by atoms with Crippen LogP contribution in [0.3, 0.4) is 0 Å². The first-order valence-corrected chi connectivity index (χ1v) is 4.14. The van der Waals surface area contributed by atoms with Gasteiger partial charge in [0, 0.05) is 12.1 Å². The molecule has 1 aliphatic heterocycles. The summed E-state index contributed by atoms with van der Waals surface area (Å²) in [4.78, 5) is 13.1. The number of nitrogens with one attached hydrogen (secondary N) is 1. The smallest absolute Gasteiger partial charge is 0.319 e. The van der Waals surface area contributed by atoms with Gasteiger partial charge < -0.3 is 10.1 Å². The molecule has 0 spiro atoms. The summed E-state index contributed by atoms with van der Waals surface area (Å²) in [6, 6.07) is -0.0417. The third-order valence-corrected chi connectivity index (χ3v) is 1.52. The predicted octanol–water partition coefficient (Wildman–Crippen LogP) is 0.784. The van der Waals surface area contributed by atoms with Gasteiger partial charge in [0.25, 0.3) is 0 Å². The number of rotatable bonds is 0. The van der Waals surface area contributed by atoms with Crippen LogP contribution in [0.25, 0.3) is 0 Å². The molecule has 1 rings (SSSR count). The van der Waals surface area contributed by atoms with Crippen LogP contribution in [0, 0.1) is 0 Å². The molecule has 0 aromatic carbocycles. The first-order chi connectivity index (χ1) is 5.49. The van der Waals surface area contributed by atoms with E-state index in [1.807, 2.05) is 20.8 Å². The summed E-state index contributed by atoms with van der Waals surface area (Å²) in [5.74, 6) is 0. The molecule has 70 valence electrons. The van der Waals surface area contributed by atoms with Crippen LogP contribution in [0.5, 0.6) is 0 Å². The SMILES string of the molecule is CC(C)(C)NC(=O)N1CCOC1. The van der Waals surface area contributed by atoms with Crippen molar-refractivity contribution in [1.82, 2.24) is 10.2 Å². The summed E-state index contributed by atoms with van der Waals surface area (Å²) in [6.45, 7) is 7.65. The van der Waals surface area contributed by atoms with Crippen molar-refractivity contribution >= 4 is 6.03 Å². The van der Waals surface area contributed by atoms with Crippen molar-refractivity contribution in [2.45, 2.75) is 26.3 Å². The Bertz CT molecular complexity index is 168. The van der Waals surface area contributed by atoms with E-state index in [2.05, 4.69) is 5.32 Å². The fraction of sp³-hybridized carbons (Fsp3) is 0.875. The minimum absolute atomic E-state index is 0.0417. The molecule has 0 bridgehead atoms. The number of urea groups is 1. The maximum Gasteiger partial charge on any atom is 0.319 e. The maximum atomic E-state index is 11.4. The van der Waals surface area contributed by atoms with Crippen molar-refractivity contribution in [3.05, 3.63) is 0 Å². The summed E-state index contributed by atoms with van der Waals surface area (Å²) < 4.78 is 5.06. The van der Waals surface area contributed by atoms with E-state index < -0.39 is 0 Å². The molecular formula is C8H16N2O2. The van der Waals surface area contributed by atoms with Gasteiger partial charge in [0.2, 0.25) is 0 Å². The lowest BCUT2D eigenvalue weighted by atomic mass is 10.1. The van der Waals surface area contributed by atoms with Gasteiger partial charge in [0.05, 0.1) is 6.61 Å². The summed E-state index contributed by atoms with van der Waals surface area (Å²) >= 11 is 0. The summed E-state index contributed by atoms with van der Waals surface area (Å²) in [7, 11) is 0. The van der Waals surface area contributed by atoms with Gasteiger partial charge in [-0.25, -0.2) is 4.79 Å². The monoisotopic (exact) mass is 172 g/mol. The number of carbonyl (C=O) groups is 1. The fourth-order valence-corrected chi connectivity index (χ4v) is 0.974. The lowest BCUT2D eigenvalue weighted by Crippen LogP contribution is -2.47. The van der Waals surface area contributed by atoms with E-state index in [9.17, 15) is 4.79 Å². The molecule has 0 aromatic heterocycles. The van der Waals surface area contributed by atoms with Gasteiger partial charge in [-0.05, 0) is 20.8 Å². The quantitative estimate of drug-likeness (QED) is 0.586. The van der Waals surface area contributed by atoms with Gasteiger partial charge in [-0.1, -0.05) is 0 Å². The van der Waals surface area contributed by atoms with Gasteiger partial charge in [0.1, 0.15) is 6.73 Å². The van der Waals surface area contributed by atoms with Crippen LogP contribution in [0.15, 0.2) is 0 Å². The van der Waals surface area contributed by atoms with Crippen LogP contribution in [-0.2, 0) is 4.74 Å². The Morgan fingerprint density at radius 3 is 2.58 bits per heavy atom. The molecule has 0 aromatic rings. The van der Waals surface area contributed by atoms with Crippen LogP contribution >= 0.6 is 0 Å². The van der Waals surface area contributed by atoms with Crippen LogP contribution < -0.4 is 5.32 Å². The number of nitrogens with zero attached hydrogens (tertiary/aromatic N) is 1. The third kappa shape index (κ3) is 2.70. The predicted molar refractivity (Wildman–Crippen MR) is 45.8 cm³/mol. The van der Waals surface area contributed by atoms with Gasteiger partial charge in [0.15, 0.2) is 0 Å². The van der Waals surface area contributed by atoms with Gasteiger partial charge in [-0.2, -0.15) is 0 Å². The Balaban J connectivity index is 2.37. The van der Waals surface area contributed by atoms with Crippen LogP contribution in [0.1, 0.15) is 20.8 Å². The maximum absolute atomic E-state index is 11.4. The highest BCUT2D eigenvalue weighted by Gasteiger charge is 2.22. The zero-order chi connectivity index (χ0) is 9.19. The Hall–Kier alpha value is -0.770. The zero-order valence-corrected chi connectivity index (χ0v) is 7.89. The Kier molecular flexibility index (Phi) is 2.57. The molecule has 4 heteroatoms. The molecule has 0 atom stereocenters. The van der Waals surface area contributed by atoms with Gasteiger partial charge >= 0.3 is 6.03 Å². The fourth-order valence-electron chi connectivity index (χ4n) is 0.974. The van der Waals surface area contributed by atoms with Crippen molar-refractivity contribution < 1.29 is 9.53 Å². The van der Waals surface area contributed by atoms with Gasteiger partial charge in [-0.3, -0.25) is 4.90 Å². The van der Waals surface area contributed by atoms with Crippen molar-refractivity contribution in [1.29, 1.82) is 0 Å². The molecule has 1 saturated heterocycles. The van der Waals surface area contributed by atoms with E-state index in [4.69, 9.17) is 4.74 Å². The van der Waals surface area contributed by atoms with E-state index in [-0.39, 0.29) is 11.6 Å². The second-order valence-corrected chi connectivity index (χ2v) is 3.98. The molecule has 1 fully saturated rings. The Labute approximate surface area is 72.9 Å². The molecular weight excluding hydrogens is 156 g/mol. The minimum atomic E-state index is -0.167. The highest BCUT2D eigenvalue weighted by Crippen LogP contribution is 2.04. The number of ether oxygens (including phenoxy) is 1. The van der Waals surface area contributed by atoms with E-state index in [1.54, 1.807) is 4.90 Å². The summed E-state index contributed by atoms with van der Waals surface area (Å²) in [5.41, 5.74) is -0.167. The number of hydrogen-bond donors (Lipinski definition) is 1. The summed E-state index contributed by atoms with van der Waals surface area (Å²) in [5, 5.41) is 2.87. The number of hydrogen-bond acceptors (Lipinski definition) is 2. The first-order valence-electron chi connectivity index (χ1n) is 4.14. The van der Waals surface area contributed by atoms with E-state index in [0.717, 1.165) is 0 Å². The minimum Gasteiger partial charge on any atom is -0.359 e. The van der Waals surface area contributed by atoms with Crippen LogP contribution in [-0.4, -0.2) is 36.4 Å². The highest BCUT2D eigenvalue weighted by atomic mass is 16.5.